The minimum absolute atomic E-state index is 1.00. The highest BCUT2D eigenvalue weighted by molar-refractivity contribution is 6.07. The van der Waals surface area contributed by atoms with Crippen LogP contribution in [-0.4, -0.2) is 9.97 Å². The molecule has 0 unspecified atom stereocenters. The number of hydrogen-bond donors (Lipinski definition) is 1. The Labute approximate surface area is 94.3 Å². The molecular weight excluding hydrogens is 196 g/mol. The van der Waals surface area contributed by atoms with Gasteiger partial charge in [0, 0.05) is 22.0 Å². The average Bonchev–Trinajstić information content (AvgIpc) is 2.64. The van der Waals surface area contributed by atoms with Gasteiger partial charge in [-0.3, -0.25) is 0 Å². The average molecular weight is 210 g/mol. The van der Waals surface area contributed by atoms with Gasteiger partial charge in [-0.1, -0.05) is 18.2 Å². The van der Waals surface area contributed by atoms with E-state index in [4.69, 9.17) is 0 Å². The van der Waals surface area contributed by atoms with Crippen molar-refractivity contribution in [3.63, 3.8) is 0 Å². The molecule has 0 aliphatic heterocycles. The molecule has 0 aliphatic rings. The lowest BCUT2D eigenvalue weighted by Gasteiger charge is -2.05. The molecule has 80 valence electrons. The molecule has 0 fully saturated rings. The second-order valence-corrected chi connectivity index (χ2v) is 4.34. The second-order valence-electron chi connectivity index (χ2n) is 4.34. The maximum absolute atomic E-state index is 4.62. The van der Waals surface area contributed by atoms with Gasteiger partial charge < -0.3 is 4.98 Å². The molecular formula is C14H14N2. The maximum Gasteiger partial charge on any atom is 0.138 e. The van der Waals surface area contributed by atoms with E-state index in [0.717, 1.165) is 16.9 Å². The molecule has 2 heterocycles. The quantitative estimate of drug-likeness (QED) is 0.603. The third kappa shape index (κ3) is 1.10. The molecule has 2 aromatic heterocycles. The van der Waals surface area contributed by atoms with Crippen LogP contribution in [0.5, 0.6) is 0 Å². The van der Waals surface area contributed by atoms with Gasteiger partial charge in [-0.25, -0.2) is 4.98 Å². The third-order valence-electron chi connectivity index (χ3n) is 3.45. The minimum atomic E-state index is 1.00. The topological polar surface area (TPSA) is 28.7 Å². The van der Waals surface area contributed by atoms with Crippen molar-refractivity contribution in [1.82, 2.24) is 9.97 Å². The summed E-state index contributed by atoms with van der Waals surface area (Å²) in [5.74, 6) is 0. The smallest absolute Gasteiger partial charge is 0.138 e. The molecule has 3 rings (SSSR count). The molecule has 2 heteroatoms. The van der Waals surface area contributed by atoms with Crippen LogP contribution in [0.15, 0.2) is 24.3 Å². The van der Waals surface area contributed by atoms with Crippen molar-refractivity contribution in [2.45, 2.75) is 20.8 Å². The number of aryl methyl sites for hydroxylation is 2. The van der Waals surface area contributed by atoms with Gasteiger partial charge in [0.25, 0.3) is 0 Å². The molecule has 3 aromatic rings. The summed E-state index contributed by atoms with van der Waals surface area (Å²) in [6.45, 7) is 6.37. The van der Waals surface area contributed by atoms with E-state index >= 15 is 0 Å². The number of H-pyrrole nitrogens is 1. The number of pyridine rings is 1. The largest absolute Gasteiger partial charge is 0.339 e. The van der Waals surface area contributed by atoms with Gasteiger partial charge in [0.2, 0.25) is 0 Å². The number of aromatic nitrogens is 2. The molecule has 1 aromatic carbocycles. The number of nitrogens with zero attached hydrogens (tertiary/aromatic N) is 1. The number of nitrogens with one attached hydrogen (secondary N) is 1. The van der Waals surface area contributed by atoms with Crippen LogP contribution < -0.4 is 0 Å². The first kappa shape index (κ1) is 9.40. The zero-order chi connectivity index (χ0) is 11.3. The molecule has 16 heavy (non-hydrogen) atoms. The number of aromatic amines is 1. The number of fused-ring (bicyclic) bond motifs is 3. The fourth-order valence-electron chi connectivity index (χ4n) is 2.30. The molecule has 1 N–H and O–H groups in total. The summed E-state index contributed by atoms with van der Waals surface area (Å²) in [4.78, 5) is 7.99. The van der Waals surface area contributed by atoms with Crippen LogP contribution in [0.2, 0.25) is 0 Å². The highest BCUT2D eigenvalue weighted by Crippen LogP contribution is 2.29. The monoisotopic (exact) mass is 210 g/mol. The van der Waals surface area contributed by atoms with Crippen LogP contribution in [0, 0.1) is 20.8 Å². The first-order chi connectivity index (χ1) is 7.68. The van der Waals surface area contributed by atoms with E-state index in [-0.39, 0.29) is 0 Å². The Morgan fingerprint density at radius 3 is 2.56 bits per heavy atom. The van der Waals surface area contributed by atoms with E-state index in [1.807, 2.05) is 6.07 Å². The minimum Gasteiger partial charge on any atom is -0.339 e. The molecule has 0 amide bonds. The molecule has 0 atom stereocenters. The van der Waals surface area contributed by atoms with Gasteiger partial charge in [-0.05, 0) is 38.0 Å². The van der Waals surface area contributed by atoms with E-state index in [1.54, 1.807) is 0 Å². The van der Waals surface area contributed by atoms with Gasteiger partial charge in [0.15, 0.2) is 0 Å². The van der Waals surface area contributed by atoms with Crippen molar-refractivity contribution in [1.29, 1.82) is 0 Å². The van der Waals surface area contributed by atoms with Crippen LogP contribution in [-0.2, 0) is 0 Å². The number of para-hydroxylation sites is 1. The molecule has 0 radical (unpaired) electrons. The van der Waals surface area contributed by atoms with Crippen molar-refractivity contribution >= 4 is 21.9 Å². The van der Waals surface area contributed by atoms with E-state index < -0.39 is 0 Å². The molecule has 0 bridgehead atoms. The fourth-order valence-corrected chi connectivity index (χ4v) is 2.30. The Kier molecular flexibility index (Phi) is 1.81. The highest BCUT2D eigenvalue weighted by Gasteiger charge is 2.10. The lowest BCUT2D eigenvalue weighted by atomic mass is 10.0. The van der Waals surface area contributed by atoms with Crippen molar-refractivity contribution < 1.29 is 0 Å². The van der Waals surface area contributed by atoms with E-state index in [1.165, 1.54) is 21.9 Å². The lowest BCUT2D eigenvalue weighted by molar-refractivity contribution is 1.15. The molecule has 0 aliphatic carbocycles. The third-order valence-corrected chi connectivity index (χ3v) is 3.45. The first-order valence-corrected chi connectivity index (χ1v) is 5.52. The molecule has 0 saturated heterocycles. The Balaban J connectivity index is 2.62. The van der Waals surface area contributed by atoms with Gasteiger partial charge in [0.1, 0.15) is 5.65 Å². The number of rotatable bonds is 0. The van der Waals surface area contributed by atoms with Gasteiger partial charge in [-0.15, -0.1) is 0 Å². The Hall–Kier alpha value is -1.83. The summed E-state index contributed by atoms with van der Waals surface area (Å²) in [5.41, 5.74) is 5.90. The number of benzene rings is 1. The SMILES string of the molecule is Cc1nc2[nH]c3ccccc3c2c(C)c1C. The predicted octanol–water partition coefficient (Wildman–Crippen LogP) is 3.64. The Morgan fingerprint density at radius 1 is 1.00 bits per heavy atom. The standard InChI is InChI=1S/C14H14N2/c1-8-9(2)13-11-6-4-5-7-12(11)16-14(13)15-10(8)3/h4-7H,1-3H3,(H,15,16). The molecule has 0 spiro atoms. The van der Waals surface area contributed by atoms with Gasteiger partial charge in [-0.2, -0.15) is 0 Å². The Bertz CT molecular complexity index is 693. The van der Waals surface area contributed by atoms with Crippen LogP contribution in [0.3, 0.4) is 0 Å². The first-order valence-electron chi connectivity index (χ1n) is 5.52. The van der Waals surface area contributed by atoms with E-state index in [9.17, 15) is 0 Å². The summed E-state index contributed by atoms with van der Waals surface area (Å²) in [6, 6.07) is 8.37. The highest BCUT2D eigenvalue weighted by atomic mass is 14.9. The van der Waals surface area contributed by atoms with Crippen molar-refractivity contribution in [2.24, 2.45) is 0 Å². The second kappa shape index (κ2) is 3.08. The summed E-state index contributed by atoms with van der Waals surface area (Å²) in [5, 5.41) is 2.53. The molecule has 0 saturated carbocycles. The number of hydrogen-bond acceptors (Lipinski definition) is 1. The zero-order valence-electron chi connectivity index (χ0n) is 9.76. The van der Waals surface area contributed by atoms with Crippen LogP contribution in [0.1, 0.15) is 16.8 Å². The Morgan fingerprint density at radius 2 is 1.75 bits per heavy atom. The predicted molar refractivity (Wildman–Crippen MR) is 67.8 cm³/mol. The lowest BCUT2D eigenvalue weighted by Crippen LogP contribution is -1.91. The summed E-state index contributed by atoms with van der Waals surface area (Å²) in [7, 11) is 0. The summed E-state index contributed by atoms with van der Waals surface area (Å²) < 4.78 is 0. The normalized spacial score (nSPS) is 11.4. The fraction of sp³-hybridized carbons (Fsp3) is 0.214. The summed E-state index contributed by atoms with van der Waals surface area (Å²) in [6.07, 6.45) is 0. The van der Waals surface area contributed by atoms with E-state index in [0.29, 0.717) is 0 Å². The van der Waals surface area contributed by atoms with Crippen molar-refractivity contribution in [3.8, 4) is 0 Å². The van der Waals surface area contributed by atoms with E-state index in [2.05, 4.69) is 48.9 Å². The van der Waals surface area contributed by atoms with Crippen LogP contribution >= 0.6 is 0 Å². The van der Waals surface area contributed by atoms with Crippen LogP contribution in [0.4, 0.5) is 0 Å². The summed E-state index contributed by atoms with van der Waals surface area (Å²) >= 11 is 0. The van der Waals surface area contributed by atoms with Crippen molar-refractivity contribution in [3.05, 3.63) is 41.1 Å². The van der Waals surface area contributed by atoms with Crippen LogP contribution in [0.25, 0.3) is 21.9 Å². The zero-order valence-corrected chi connectivity index (χ0v) is 9.76. The maximum atomic E-state index is 4.62. The van der Waals surface area contributed by atoms with Gasteiger partial charge in [0.05, 0.1) is 0 Å². The molecule has 2 nitrogen and oxygen atoms in total. The van der Waals surface area contributed by atoms with Crippen molar-refractivity contribution in [2.75, 3.05) is 0 Å². The van der Waals surface area contributed by atoms with Gasteiger partial charge >= 0.3 is 0 Å².